The van der Waals surface area contributed by atoms with Crippen molar-refractivity contribution < 1.29 is 14.6 Å². The van der Waals surface area contributed by atoms with Crippen molar-refractivity contribution >= 4 is 11.9 Å². The molecule has 0 unspecified atom stereocenters. The van der Waals surface area contributed by atoms with Gasteiger partial charge in [0.1, 0.15) is 11.5 Å². The molecule has 5 nitrogen and oxygen atoms in total. The van der Waals surface area contributed by atoms with Crippen LogP contribution in [0.2, 0.25) is 0 Å². The number of phenolic OH excluding ortho intramolecular Hbond substituents is 1. The number of hydrogen-bond acceptors (Lipinski definition) is 5. The van der Waals surface area contributed by atoms with E-state index in [4.69, 9.17) is 4.74 Å². The first-order chi connectivity index (χ1) is 12.0. The molecule has 0 bridgehead atoms. The number of nitrogens with zero attached hydrogens (tertiary/aromatic N) is 2. The van der Waals surface area contributed by atoms with Crippen molar-refractivity contribution in [3.63, 3.8) is 0 Å². The number of aromatic hydroxyl groups is 1. The van der Waals surface area contributed by atoms with Gasteiger partial charge in [-0.05, 0) is 49.3 Å². The number of aromatic nitrogens is 1. The van der Waals surface area contributed by atoms with Crippen LogP contribution in [0.3, 0.4) is 0 Å². The molecule has 0 aliphatic carbocycles. The smallest absolute Gasteiger partial charge is 0.232 e. The molecule has 1 aromatic heterocycles. The molecule has 0 fully saturated rings. The van der Waals surface area contributed by atoms with Gasteiger partial charge in [-0.2, -0.15) is 0 Å². The summed E-state index contributed by atoms with van der Waals surface area (Å²) in [5, 5.41) is 10.4. The second-order valence-corrected chi connectivity index (χ2v) is 6.08. The molecule has 0 radical (unpaired) electrons. The SMILES string of the molecule is CCN(CC)Cc1c(O)cc(C)c2c1O/C(=C/c1cccnc1)C2=O. The first kappa shape index (κ1) is 17.2. The minimum atomic E-state index is -0.155. The number of pyridine rings is 1. The van der Waals surface area contributed by atoms with Gasteiger partial charge in [-0.3, -0.25) is 14.7 Å². The Balaban J connectivity index is 2.04. The average Bonchev–Trinajstić information content (AvgIpc) is 2.93. The van der Waals surface area contributed by atoms with Gasteiger partial charge in [-0.15, -0.1) is 0 Å². The highest BCUT2D eigenvalue weighted by Gasteiger charge is 2.33. The second-order valence-electron chi connectivity index (χ2n) is 6.08. The first-order valence-corrected chi connectivity index (χ1v) is 8.47. The molecule has 1 N–H and O–H groups in total. The highest BCUT2D eigenvalue weighted by Crippen LogP contribution is 2.42. The van der Waals surface area contributed by atoms with Crippen LogP contribution >= 0.6 is 0 Å². The summed E-state index contributed by atoms with van der Waals surface area (Å²) in [6.07, 6.45) is 5.04. The van der Waals surface area contributed by atoms with Gasteiger partial charge < -0.3 is 9.84 Å². The summed E-state index contributed by atoms with van der Waals surface area (Å²) in [6.45, 7) is 8.18. The third-order valence-electron chi connectivity index (χ3n) is 4.48. The molecule has 0 saturated carbocycles. The van der Waals surface area contributed by atoms with Crippen LogP contribution in [0.4, 0.5) is 0 Å². The normalized spacial score (nSPS) is 14.9. The topological polar surface area (TPSA) is 62.7 Å². The lowest BCUT2D eigenvalue weighted by atomic mass is 9.99. The molecule has 1 aliphatic rings. The maximum atomic E-state index is 12.8. The quantitative estimate of drug-likeness (QED) is 0.845. The van der Waals surface area contributed by atoms with Crippen LogP contribution in [0.15, 0.2) is 36.4 Å². The summed E-state index contributed by atoms with van der Waals surface area (Å²) in [6, 6.07) is 5.31. The number of allylic oxidation sites excluding steroid dienone is 1. The molecular formula is C20H22N2O3. The van der Waals surface area contributed by atoms with Crippen LogP contribution in [0.25, 0.3) is 6.08 Å². The van der Waals surface area contributed by atoms with E-state index in [1.165, 1.54) is 0 Å². The van der Waals surface area contributed by atoms with Crippen molar-refractivity contribution in [1.29, 1.82) is 0 Å². The number of carbonyl (C=O) groups excluding carboxylic acids is 1. The van der Waals surface area contributed by atoms with Crippen molar-refractivity contribution in [2.45, 2.75) is 27.3 Å². The Morgan fingerprint density at radius 3 is 2.72 bits per heavy atom. The molecule has 2 heterocycles. The van der Waals surface area contributed by atoms with Crippen molar-refractivity contribution in [3.05, 3.63) is 58.6 Å². The van der Waals surface area contributed by atoms with Gasteiger partial charge in [-0.25, -0.2) is 0 Å². The molecule has 0 saturated heterocycles. The molecule has 2 aromatic rings. The van der Waals surface area contributed by atoms with Crippen molar-refractivity contribution in [1.82, 2.24) is 9.88 Å². The van der Waals surface area contributed by atoms with Gasteiger partial charge in [-0.1, -0.05) is 19.9 Å². The zero-order chi connectivity index (χ0) is 18.0. The predicted octanol–water partition coefficient (Wildman–Crippen LogP) is 3.55. The molecule has 0 spiro atoms. The minimum Gasteiger partial charge on any atom is -0.507 e. The first-order valence-electron chi connectivity index (χ1n) is 8.47. The maximum absolute atomic E-state index is 12.8. The summed E-state index contributed by atoms with van der Waals surface area (Å²) in [4.78, 5) is 19.0. The number of ether oxygens (including phenoxy) is 1. The highest BCUT2D eigenvalue weighted by atomic mass is 16.5. The molecule has 130 valence electrons. The maximum Gasteiger partial charge on any atom is 0.232 e. The third-order valence-corrected chi connectivity index (χ3v) is 4.48. The van der Waals surface area contributed by atoms with Gasteiger partial charge in [0.2, 0.25) is 5.78 Å². The molecule has 0 atom stereocenters. The average molecular weight is 338 g/mol. The Kier molecular flexibility index (Phi) is 4.86. The second kappa shape index (κ2) is 7.07. The van der Waals surface area contributed by atoms with E-state index in [1.807, 2.05) is 19.1 Å². The van der Waals surface area contributed by atoms with Crippen molar-refractivity contribution in [2.24, 2.45) is 0 Å². The Morgan fingerprint density at radius 1 is 1.32 bits per heavy atom. The van der Waals surface area contributed by atoms with Gasteiger partial charge in [0.15, 0.2) is 5.76 Å². The molecule has 1 aliphatic heterocycles. The van der Waals surface area contributed by atoms with Gasteiger partial charge in [0, 0.05) is 18.9 Å². The number of hydrogen-bond donors (Lipinski definition) is 1. The zero-order valence-electron chi connectivity index (χ0n) is 14.7. The fraction of sp³-hybridized carbons (Fsp3) is 0.300. The Labute approximate surface area is 147 Å². The summed E-state index contributed by atoms with van der Waals surface area (Å²) >= 11 is 0. The van der Waals surface area contributed by atoms with E-state index >= 15 is 0 Å². The van der Waals surface area contributed by atoms with Gasteiger partial charge in [0.25, 0.3) is 0 Å². The van der Waals surface area contributed by atoms with E-state index in [0.29, 0.717) is 23.4 Å². The van der Waals surface area contributed by atoms with E-state index in [1.54, 1.807) is 24.5 Å². The number of benzene rings is 1. The summed E-state index contributed by atoms with van der Waals surface area (Å²) < 4.78 is 5.90. The summed E-state index contributed by atoms with van der Waals surface area (Å²) in [7, 11) is 0. The zero-order valence-corrected chi connectivity index (χ0v) is 14.7. The van der Waals surface area contributed by atoms with Crippen molar-refractivity contribution in [2.75, 3.05) is 13.1 Å². The van der Waals surface area contributed by atoms with Crippen LogP contribution in [0, 0.1) is 6.92 Å². The lowest BCUT2D eigenvalue weighted by molar-refractivity contribution is 0.101. The fourth-order valence-electron chi connectivity index (χ4n) is 3.02. The lowest BCUT2D eigenvalue weighted by Crippen LogP contribution is -2.22. The van der Waals surface area contributed by atoms with Crippen LogP contribution in [-0.2, 0) is 6.54 Å². The van der Waals surface area contributed by atoms with E-state index in [-0.39, 0.29) is 17.3 Å². The monoisotopic (exact) mass is 338 g/mol. The number of rotatable bonds is 5. The van der Waals surface area contributed by atoms with Crippen LogP contribution in [0.5, 0.6) is 11.5 Å². The van der Waals surface area contributed by atoms with Crippen LogP contribution in [-0.4, -0.2) is 33.9 Å². The number of ketones is 1. The summed E-state index contributed by atoms with van der Waals surface area (Å²) in [5.41, 5.74) is 2.71. The number of aryl methyl sites for hydroxylation is 1. The van der Waals surface area contributed by atoms with E-state index in [9.17, 15) is 9.90 Å². The Hall–Kier alpha value is -2.66. The van der Waals surface area contributed by atoms with Crippen molar-refractivity contribution in [3.8, 4) is 11.5 Å². The minimum absolute atomic E-state index is 0.155. The highest BCUT2D eigenvalue weighted by molar-refractivity contribution is 6.15. The number of carbonyl (C=O) groups is 1. The third kappa shape index (κ3) is 3.28. The standard InChI is InChI=1S/C20H22N2O3/c1-4-22(5-2)12-15-16(23)9-13(3)18-19(24)17(25-20(15)18)10-14-7-6-8-21-11-14/h6-11,23H,4-5,12H2,1-3H3/b17-10+. The molecule has 3 rings (SSSR count). The lowest BCUT2D eigenvalue weighted by Gasteiger charge is -2.20. The van der Waals surface area contributed by atoms with Crippen LogP contribution < -0.4 is 4.74 Å². The largest absolute Gasteiger partial charge is 0.507 e. The van der Waals surface area contributed by atoms with E-state index < -0.39 is 0 Å². The number of phenols is 1. The molecule has 25 heavy (non-hydrogen) atoms. The number of fused-ring (bicyclic) bond motifs is 1. The molecule has 0 amide bonds. The fourth-order valence-corrected chi connectivity index (χ4v) is 3.02. The molecule has 1 aromatic carbocycles. The van der Waals surface area contributed by atoms with Crippen LogP contribution in [0.1, 0.15) is 40.9 Å². The van der Waals surface area contributed by atoms with E-state index in [2.05, 4.69) is 23.7 Å². The number of Topliss-reactive ketones (excluding diaryl/α,β-unsaturated/α-hetero) is 1. The van der Waals surface area contributed by atoms with E-state index in [0.717, 1.165) is 24.2 Å². The summed E-state index contributed by atoms with van der Waals surface area (Å²) in [5.74, 6) is 0.748. The van der Waals surface area contributed by atoms with Gasteiger partial charge >= 0.3 is 0 Å². The Bertz CT molecular complexity index is 825. The predicted molar refractivity (Wildman–Crippen MR) is 96.6 cm³/mol. The molecule has 5 heteroatoms. The Morgan fingerprint density at radius 2 is 2.08 bits per heavy atom. The molecular weight excluding hydrogens is 316 g/mol. The van der Waals surface area contributed by atoms with Gasteiger partial charge in [0.05, 0.1) is 11.1 Å².